The Balaban J connectivity index is 1.76. The van der Waals surface area contributed by atoms with E-state index >= 15 is 0 Å². The van der Waals surface area contributed by atoms with Crippen LogP contribution in [0.3, 0.4) is 0 Å². The Hall–Kier alpha value is -1.29. The summed E-state index contributed by atoms with van der Waals surface area (Å²) < 4.78 is 17.0. The van der Waals surface area contributed by atoms with Crippen LogP contribution in [0.15, 0.2) is 23.3 Å². The number of ether oxygens (including phenoxy) is 3. The summed E-state index contributed by atoms with van der Waals surface area (Å²) in [6.07, 6.45) is -1.24. The second-order valence-corrected chi connectivity index (χ2v) is 8.49. The van der Waals surface area contributed by atoms with Crippen LogP contribution in [0.4, 0.5) is 0 Å². The Bertz CT molecular complexity index is 657. The van der Waals surface area contributed by atoms with E-state index < -0.39 is 43.4 Å². The van der Waals surface area contributed by atoms with Gasteiger partial charge in [0.1, 0.15) is 30.5 Å². The standard InChI is InChI=1S/C21H32O8/c1-10-4-5-14-12(3)20(26)28-15(14)8-11(2)7-13(6-10)27-21-19(25)18(24)17(23)16(9-22)29-21/h6,8,12-19,21-25H,4-5,7,9H2,1-3H3/b10-6-,11-8-/t12-,13+,14-,15+,16+,17+,18-,19+,21+/m0/s1. The number of hydrogen-bond acceptors (Lipinski definition) is 8. The fourth-order valence-electron chi connectivity index (χ4n) is 4.32. The fraction of sp³-hybridized carbons (Fsp3) is 0.762. The summed E-state index contributed by atoms with van der Waals surface area (Å²) in [5.41, 5.74) is 2.06. The van der Waals surface area contributed by atoms with Gasteiger partial charge in [0.25, 0.3) is 0 Å². The molecule has 9 atom stereocenters. The van der Waals surface area contributed by atoms with Crippen molar-refractivity contribution in [3.63, 3.8) is 0 Å². The number of rotatable bonds is 3. The van der Waals surface area contributed by atoms with E-state index in [0.29, 0.717) is 6.42 Å². The fourth-order valence-corrected chi connectivity index (χ4v) is 4.32. The van der Waals surface area contributed by atoms with Crippen molar-refractivity contribution in [2.75, 3.05) is 6.61 Å². The number of carbonyl (C=O) groups excluding carboxylic acids is 1. The van der Waals surface area contributed by atoms with Crippen molar-refractivity contribution in [3.05, 3.63) is 23.3 Å². The van der Waals surface area contributed by atoms with Gasteiger partial charge in [0.15, 0.2) is 6.29 Å². The molecule has 1 aliphatic carbocycles. The second-order valence-electron chi connectivity index (χ2n) is 8.49. The molecule has 0 aromatic rings. The van der Waals surface area contributed by atoms with Crippen LogP contribution in [-0.2, 0) is 19.0 Å². The third kappa shape index (κ3) is 4.90. The van der Waals surface area contributed by atoms with Gasteiger partial charge in [-0.05, 0) is 39.2 Å². The van der Waals surface area contributed by atoms with Gasteiger partial charge < -0.3 is 34.6 Å². The molecule has 0 aromatic heterocycles. The van der Waals surface area contributed by atoms with Crippen LogP contribution in [0.25, 0.3) is 0 Å². The highest BCUT2D eigenvalue weighted by atomic mass is 16.7. The Morgan fingerprint density at radius 3 is 2.52 bits per heavy atom. The molecule has 29 heavy (non-hydrogen) atoms. The zero-order chi connectivity index (χ0) is 21.3. The lowest BCUT2D eigenvalue weighted by molar-refractivity contribution is -0.307. The minimum absolute atomic E-state index is 0.127. The van der Waals surface area contributed by atoms with Crippen molar-refractivity contribution in [2.45, 2.75) is 82.9 Å². The number of allylic oxidation sites excluding steroid dienone is 1. The average Bonchev–Trinajstić information content (AvgIpc) is 2.93. The maximum atomic E-state index is 12.0. The predicted octanol–water partition coefficient (Wildman–Crippen LogP) is 0.426. The van der Waals surface area contributed by atoms with Crippen molar-refractivity contribution in [1.29, 1.82) is 0 Å². The minimum atomic E-state index is -1.48. The van der Waals surface area contributed by atoms with E-state index in [-0.39, 0.29) is 23.9 Å². The summed E-state index contributed by atoms with van der Waals surface area (Å²) >= 11 is 0. The largest absolute Gasteiger partial charge is 0.458 e. The normalized spacial score (nSPS) is 47.4. The summed E-state index contributed by atoms with van der Waals surface area (Å²) in [7, 11) is 0. The number of hydrogen-bond donors (Lipinski definition) is 4. The van der Waals surface area contributed by atoms with Crippen LogP contribution in [0, 0.1) is 11.8 Å². The van der Waals surface area contributed by atoms with Crippen LogP contribution in [0.5, 0.6) is 0 Å². The number of aliphatic hydroxyl groups excluding tert-OH is 4. The third-order valence-corrected chi connectivity index (χ3v) is 6.16. The second kappa shape index (κ2) is 9.24. The lowest BCUT2D eigenvalue weighted by atomic mass is 9.84. The molecule has 2 fully saturated rings. The summed E-state index contributed by atoms with van der Waals surface area (Å²) in [4.78, 5) is 12.0. The SMILES string of the molecule is C/C1=C/[C@@H](O[C@@H]2O[C@H](CO)[C@@H](O)[C@H](O)[C@H]2O)C/C(C)=C\[C@H]2OC(=O)[C@@H](C)[C@@H]2CC1. The highest BCUT2D eigenvalue weighted by Crippen LogP contribution is 2.35. The molecule has 2 aliphatic heterocycles. The molecule has 0 saturated carbocycles. The first kappa shape index (κ1) is 22.4. The Labute approximate surface area is 170 Å². The molecule has 0 radical (unpaired) electrons. The van der Waals surface area contributed by atoms with Gasteiger partial charge in [0, 0.05) is 5.92 Å². The maximum absolute atomic E-state index is 12.0. The van der Waals surface area contributed by atoms with Crippen molar-refractivity contribution in [3.8, 4) is 0 Å². The molecule has 2 heterocycles. The van der Waals surface area contributed by atoms with Crippen molar-refractivity contribution in [2.24, 2.45) is 11.8 Å². The highest BCUT2D eigenvalue weighted by Gasteiger charge is 2.45. The first-order valence-corrected chi connectivity index (χ1v) is 10.2. The first-order valence-electron chi connectivity index (χ1n) is 10.2. The van der Waals surface area contributed by atoms with E-state index in [1.807, 2.05) is 32.9 Å². The quantitative estimate of drug-likeness (QED) is 0.388. The van der Waals surface area contributed by atoms with E-state index in [9.17, 15) is 25.2 Å². The summed E-state index contributed by atoms with van der Waals surface area (Å²) in [5.74, 6) is -0.153. The molecule has 3 rings (SSSR count). The van der Waals surface area contributed by atoms with E-state index in [1.54, 1.807) is 0 Å². The molecule has 3 aliphatic rings. The molecular formula is C21H32O8. The van der Waals surface area contributed by atoms with Gasteiger partial charge in [-0.3, -0.25) is 4.79 Å². The lowest BCUT2D eigenvalue weighted by Crippen LogP contribution is -2.59. The molecule has 0 aromatic carbocycles. The van der Waals surface area contributed by atoms with Crippen LogP contribution >= 0.6 is 0 Å². The van der Waals surface area contributed by atoms with Gasteiger partial charge in [-0.2, -0.15) is 0 Å². The smallest absolute Gasteiger partial charge is 0.309 e. The van der Waals surface area contributed by atoms with Crippen molar-refractivity contribution in [1.82, 2.24) is 0 Å². The average molecular weight is 412 g/mol. The molecule has 4 N–H and O–H groups in total. The maximum Gasteiger partial charge on any atom is 0.309 e. The molecule has 2 saturated heterocycles. The summed E-state index contributed by atoms with van der Waals surface area (Å²) in [5, 5.41) is 39.5. The number of esters is 1. The zero-order valence-corrected chi connectivity index (χ0v) is 17.1. The number of carbonyl (C=O) groups is 1. The number of fused-ring (bicyclic) bond motifs is 1. The van der Waals surface area contributed by atoms with E-state index in [1.165, 1.54) is 0 Å². The monoisotopic (exact) mass is 412 g/mol. The Kier molecular flexibility index (Phi) is 7.14. The third-order valence-electron chi connectivity index (χ3n) is 6.16. The molecule has 0 spiro atoms. The Morgan fingerprint density at radius 1 is 1.10 bits per heavy atom. The molecule has 0 unspecified atom stereocenters. The zero-order valence-electron chi connectivity index (χ0n) is 17.1. The molecular weight excluding hydrogens is 380 g/mol. The van der Waals surface area contributed by atoms with Crippen LogP contribution in [0.2, 0.25) is 0 Å². The molecule has 0 amide bonds. The van der Waals surface area contributed by atoms with Crippen LogP contribution < -0.4 is 0 Å². The first-order chi connectivity index (χ1) is 13.7. The summed E-state index contributed by atoms with van der Waals surface area (Å²) in [6.45, 7) is 5.33. The molecule has 8 nitrogen and oxygen atoms in total. The summed E-state index contributed by atoms with van der Waals surface area (Å²) in [6, 6.07) is 0. The minimum Gasteiger partial charge on any atom is -0.458 e. The van der Waals surface area contributed by atoms with Crippen LogP contribution in [-0.4, -0.2) is 75.9 Å². The highest BCUT2D eigenvalue weighted by molar-refractivity contribution is 5.75. The van der Waals surface area contributed by atoms with Gasteiger partial charge >= 0.3 is 5.97 Å². The predicted molar refractivity (Wildman–Crippen MR) is 103 cm³/mol. The van der Waals surface area contributed by atoms with Crippen LogP contribution in [0.1, 0.15) is 40.0 Å². The number of aliphatic hydroxyl groups is 4. The van der Waals surface area contributed by atoms with E-state index in [2.05, 4.69) is 0 Å². The van der Waals surface area contributed by atoms with Gasteiger partial charge in [0.05, 0.1) is 18.6 Å². The molecule has 164 valence electrons. The topological polar surface area (TPSA) is 126 Å². The van der Waals surface area contributed by atoms with Gasteiger partial charge in [0.2, 0.25) is 0 Å². The molecule has 0 bridgehead atoms. The van der Waals surface area contributed by atoms with E-state index in [0.717, 1.165) is 24.0 Å². The van der Waals surface area contributed by atoms with Crippen molar-refractivity contribution < 1.29 is 39.4 Å². The Morgan fingerprint density at radius 2 is 1.83 bits per heavy atom. The van der Waals surface area contributed by atoms with Crippen molar-refractivity contribution >= 4 is 5.97 Å². The lowest BCUT2D eigenvalue weighted by Gasteiger charge is -2.40. The van der Waals surface area contributed by atoms with Gasteiger partial charge in [-0.1, -0.05) is 24.1 Å². The molecule has 8 heteroatoms. The van der Waals surface area contributed by atoms with Gasteiger partial charge in [-0.25, -0.2) is 0 Å². The van der Waals surface area contributed by atoms with E-state index in [4.69, 9.17) is 14.2 Å². The van der Waals surface area contributed by atoms with Gasteiger partial charge in [-0.15, -0.1) is 0 Å².